The summed E-state index contributed by atoms with van der Waals surface area (Å²) in [5.41, 5.74) is 0. The minimum atomic E-state index is 0. The van der Waals surface area contributed by atoms with Gasteiger partial charge in [-0.15, -0.1) is 0 Å². The number of carbonyl (C=O) groups is 1. The van der Waals surface area contributed by atoms with E-state index in [9.17, 15) is 4.79 Å². The van der Waals surface area contributed by atoms with Gasteiger partial charge in [-0.05, 0) is 12.8 Å². The Morgan fingerprint density at radius 1 is 1.33 bits per heavy atom. The van der Waals surface area contributed by atoms with Gasteiger partial charge in [0.1, 0.15) is 6.29 Å². The van der Waals surface area contributed by atoms with Gasteiger partial charge in [0, 0.05) is 13.0 Å². The zero-order valence-electron chi connectivity index (χ0n) is 4.97. The summed E-state index contributed by atoms with van der Waals surface area (Å²) in [6.07, 6.45) is 3.02. The van der Waals surface area contributed by atoms with Crippen LogP contribution in [-0.4, -0.2) is 59.8 Å². The molecule has 0 spiro atoms. The Morgan fingerprint density at radius 2 is 1.89 bits per heavy atom. The quantitative estimate of drug-likeness (QED) is 0.358. The molecular weight excluding hydrogens is 241 g/mol. The Morgan fingerprint density at radius 3 is 2.22 bits per heavy atom. The normalized spacial score (nSPS) is 6.78. The Labute approximate surface area is 83.6 Å². The molecule has 0 aromatic rings. The van der Waals surface area contributed by atoms with Crippen LogP contribution in [0, 0.1) is 0 Å². The first-order chi connectivity index (χ1) is 3.41. The summed E-state index contributed by atoms with van der Waals surface area (Å²) >= 11 is 0. The molecule has 0 aliphatic heterocycles. The molecule has 0 aromatic carbocycles. The van der Waals surface area contributed by atoms with Gasteiger partial charge < -0.3 is 9.90 Å². The predicted octanol–water partition coefficient (Wildman–Crippen LogP) is -2.02. The molecule has 0 aliphatic rings. The SMILES string of the molecule is O=CCCCCO.[AlH3].[SbH3]. The molecule has 1 N–H and O–H groups in total. The van der Waals surface area contributed by atoms with E-state index in [2.05, 4.69) is 0 Å². The van der Waals surface area contributed by atoms with E-state index in [1.807, 2.05) is 0 Å². The number of rotatable bonds is 4. The molecule has 0 fully saturated rings. The summed E-state index contributed by atoms with van der Waals surface area (Å²) in [6.45, 7) is 0.202. The molecule has 0 saturated carbocycles. The van der Waals surface area contributed by atoms with Crippen LogP contribution in [0.4, 0.5) is 0 Å². The van der Waals surface area contributed by atoms with E-state index in [0.29, 0.717) is 6.42 Å². The van der Waals surface area contributed by atoms with Crippen LogP contribution in [0.5, 0.6) is 0 Å². The van der Waals surface area contributed by atoms with Crippen molar-refractivity contribution in [1.29, 1.82) is 0 Å². The number of hydrogen-bond donors (Lipinski definition) is 1. The van der Waals surface area contributed by atoms with Crippen LogP contribution < -0.4 is 0 Å². The topological polar surface area (TPSA) is 37.3 Å². The second-order valence-electron chi connectivity index (χ2n) is 1.39. The van der Waals surface area contributed by atoms with Gasteiger partial charge in [-0.3, -0.25) is 0 Å². The van der Waals surface area contributed by atoms with Crippen LogP contribution in [-0.2, 0) is 4.79 Å². The van der Waals surface area contributed by atoms with Crippen molar-refractivity contribution in [3.8, 4) is 0 Å². The van der Waals surface area contributed by atoms with Gasteiger partial charge in [0.15, 0.2) is 17.4 Å². The van der Waals surface area contributed by atoms with Crippen LogP contribution in [0.1, 0.15) is 19.3 Å². The second kappa shape index (κ2) is 16.0. The Kier molecular flexibility index (Phi) is 29.4. The molecule has 4 heteroatoms. The van der Waals surface area contributed by atoms with Crippen molar-refractivity contribution in [2.45, 2.75) is 19.3 Å². The number of aldehydes is 1. The molecule has 0 unspecified atom stereocenters. The van der Waals surface area contributed by atoms with E-state index >= 15 is 0 Å². The van der Waals surface area contributed by atoms with E-state index in [0.717, 1.165) is 19.1 Å². The van der Waals surface area contributed by atoms with Gasteiger partial charge in [-0.2, -0.15) is 0 Å². The molecular formula is C5H16AlO2Sb. The zero-order valence-corrected chi connectivity index (χ0v) is 9.00. The Bertz CT molecular complexity index is 52.2. The van der Waals surface area contributed by atoms with Crippen molar-refractivity contribution < 1.29 is 9.90 Å². The first kappa shape index (κ1) is 16.5. The molecule has 9 heavy (non-hydrogen) atoms. The van der Waals surface area contributed by atoms with Gasteiger partial charge in [0.2, 0.25) is 0 Å². The number of aliphatic hydroxyl groups is 1. The average molecular weight is 257 g/mol. The monoisotopic (exact) mass is 256 g/mol. The van der Waals surface area contributed by atoms with Crippen molar-refractivity contribution in [2.75, 3.05) is 6.61 Å². The fourth-order valence-corrected chi connectivity index (χ4v) is 0.339. The van der Waals surface area contributed by atoms with E-state index in [1.54, 1.807) is 0 Å². The third kappa shape index (κ3) is 17.6. The van der Waals surface area contributed by atoms with Crippen molar-refractivity contribution in [3.05, 3.63) is 0 Å². The van der Waals surface area contributed by atoms with Gasteiger partial charge in [-0.1, -0.05) is 0 Å². The van der Waals surface area contributed by atoms with Crippen LogP contribution >= 0.6 is 0 Å². The Hall–Kier alpha value is 0.981. The van der Waals surface area contributed by atoms with E-state index in [-0.39, 0.29) is 48.4 Å². The molecule has 0 radical (unpaired) electrons. The van der Waals surface area contributed by atoms with Gasteiger partial charge >= 0.3 is 24.4 Å². The van der Waals surface area contributed by atoms with E-state index in [1.165, 1.54) is 0 Å². The van der Waals surface area contributed by atoms with Crippen LogP contribution in [0.3, 0.4) is 0 Å². The molecule has 0 aliphatic carbocycles. The molecule has 0 bridgehead atoms. The van der Waals surface area contributed by atoms with Crippen LogP contribution in [0.25, 0.3) is 0 Å². The standard InChI is InChI=1S/C5H10O2.Al.Sb.6H/c6-4-2-1-3-5-7;;;;;;;;/h4,7H,1-3,5H2;;;;;;;;. The van der Waals surface area contributed by atoms with Gasteiger partial charge in [0.05, 0.1) is 0 Å². The predicted molar refractivity (Wildman–Crippen MR) is 46.9 cm³/mol. The minimum absolute atomic E-state index is 0. The van der Waals surface area contributed by atoms with Gasteiger partial charge in [-0.25, -0.2) is 0 Å². The average Bonchev–Trinajstić information content (AvgIpc) is 1.69. The maximum absolute atomic E-state index is 9.60. The third-order valence-electron chi connectivity index (χ3n) is 0.730. The summed E-state index contributed by atoms with van der Waals surface area (Å²) in [5.74, 6) is 0. The zero-order chi connectivity index (χ0) is 5.54. The van der Waals surface area contributed by atoms with Gasteiger partial charge in [0.25, 0.3) is 0 Å². The molecule has 0 atom stereocenters. The van der Waals surface area contributed by atoms with E-state index in [4.69, 9.17) is 5.11 Å². The molecule has 56 valence electrons. The molecule has 0 aromatic heterocycles. The van der Waals surface area contributed by atoms with Crippen molar-refractivity contribution in [1.82, 2.24) is 0 Å². The summed E-state index contributed by atoms with van der Waals surface area (Å²) in [7, 11) is 0. The van der Waals surface area contributed by atoms with Crippen molar-refractivity contribution >= 4 is 48.1 Å². The third-order valence-corrected chi connectivity index (χ3v) is 0.730. The molecule has 0 amide bonds. The molecule has 0 heterocycles. The Balaban J connectivity index is -0.000000180. The summed E-state index contributed by atoms with van der Waals surface area (Å²) in [4.78, 5) is 9.60. The summed E-state index contributed by atoms with van der Waals surface area (Å²) in [5, 5.41) is 8.18. The molecule has 0 saturated heterocycles. The number of carbonyl (C=O) groups excluding carboxylic acids is 1. The molecule has 2 nitrogen and oxygen atoms in total. The van der Waals surface area contributed by atoms with Crippen molar-refractivity contribution in [3.63, 3.8) is 0 Å². The second-order valence-corrected chi connectivity index (χ2v) is 1.39. The van der Waals surface area contributed by atoms with E-state index < -0.39 is 0 Å². The summed E-state index contributed by atoms with van der Waals surface area (Å²) < 4.78 is 0. The maximum atomic E-state index is 9.60. The number of aliphatic hydroxyl groups excluding tert-OH is 1. The van der Waals surface area contributed by atoms with Crippen LogP contribution in [0.2, 0.25) is 0 Å². The summed E-state index contributed by atoms with van der Waals surface area (Å²) in [6, 6.07) is 0. The van der Waals surface area contributed by atoms with Crippen molar-refractivity contribution in [2.24, 2.45) is 0 Å². The molecule has 0 rings (SSSR count). The first-order valence-electron chi connectivity index (χ1n) is 2.46. The van der Waals surface area contributed by atoms with Crippen LogP contribution in [0.15, 0.2) is 0 Å². The first-order valence-corrected chi connectivity index (χ1v) is 2.46. The fourth-order valence-electron chi connectivity index (χ4n) is 0.339. The fraction of sp³-hybridized carbons (Fsp3) is 0.800. The number of hydrogen-bond acceptors (Lipinski definition) is 2. The number of unbranched alkanes of at least 4 members (excludes halogenated alkanes) is 2.